The molecule has 0 aliphatic heterocycles. The number of aromatic nitrogens is 2. The molecular weight excluding hydrogens is 214 g/mol. The lowest BCUT2D eigenvalue weighted by Crippen LogP contribution is -2.19. The molecule has 1 saturated carbocycles. The van der Waals surface area contributed by atoms with Gasteiger partial charge in [0.25, 0.3) is 0 Å². The lowest BCUT2D eigenvalue weighted by molar-refractivity contribution is 0.243. The molecular formula is C13H23N3O. The molecule has 0 bridgehead atoms. The minimum absolute atomic E-state index is 0.279. The molecule has 1 unspecified atom stereocenters. The third kappa shape index (κ3) is 3.80. The van der Waals surface area contributed by atoms with Gasteiger partial charge >= 0.3 is 0 Å². The van der Waals surface area contributed by atoms with Crippen LogP contribution >= 0.6 is 0 Å². The summed E-state index contributed by atoms with van der Waals surface area (Å²) < 4.78 is 5.64. The van der Waals surface area contributed by atoms with E-state index in [2.05, 4.69) is 43.2 Å². The summed E-state index contributed by atoms with van der Waals surface area (Å²) in [6.45, 7) is 9.66. The average Bonchev–Trinajstić information content (AvgIpc) is 2.95. The molecule has 4 heteroatoms. The Labute approximate surface area is 103 Å². The van der Waals surface area contributed by atoms with Crippen LogP contribution in [0.2, 0.25) is 0 Å². The third-order valence-corrected chi connectivity index (χ3v) is 3.59. The highest BCUT2D eigenvalue weighted by molar-refractivity contribution is 4.88. The van der Waals surface area contributed by atoms with Crippen molar-refractivity contribution in [3.05, 3.63) is 11.8 Å². The van der Waals surface area contributed by atoms with Crippen molar-refractivity contribution in [2.75, 3.05) is 0 Å². The van der Waals surface area contributed by atoms with Gasteiger partial charge in [0.15, 0.2) is 0 Å². The summed E-state index contributed by atoms with van der Waals surface area (Å²) in [5.74, 6) is 2.01. The summed E-state index contributed by atoms with van der Waals surface area (Å²) in [6, 6.07) is 0.679. The molecule has 1 aliphatic rings. The van der Waals surface area contributed by atoms with Gasteiger partial charge in [-0.3, -0.25) is 0 Å². The van der Waals surface area contributed by atoms with Crippen molar-refractivity contribution < 1.29 is 4.42 Å². The molecule has 0 amide bonds. The van der Waals surface area contributed by atoms with Crippen LogP contribution in [0.4, 0.5) is 0 Å². The maximum atomic E-state index is 5.64. The highest BCUT2D eigenvalue weighted by Crippen LogP contribution is 2.28. The Bertz CT molecular complexity index is 363. The first-order valence-corrected chi connectivity index (χ1v) is 6.50. The van der Waals surface area contributed by atoms with Crippen molar-refractivity contribution in [2.24, 2.45) is 11.3 Å². The lowest BCUT2D eigenvalue weighted by atomic mass is 9.80. The molecule has 0 aromatic carbocycles. The topological polar surface area (TPSA) is 51.0 Å². The first-order chi connectivity index (χ1) is 7.95. The Hall–Kier alpha value is -0.900. The van der Waals surface area contributed by atoms with E-state index in [1.807, 2.05) is 0 Å². The van der Waals surface area contributed by atoms with Crippen molar-refractivity contribution in [3.8, 4) is 0 Å². The molecule has 2 rings (SSSR count). The first kappa shape index (κ1) is 12.6. The fraction of sp³-hybridized carbons (Fsp3) is 0.846. The van der Waals surface area contributed by atoms with E-state index in [1.54, 1.807) is 0 Å². The van der Waals surface area contributed by atoms with E-state index < -0.39 is 0 Å². The summed E-state index contributed by atoms with van der Waals surface area (Å²) in [7, 11) is 0. The maximum absolute atomic E-state index is 5.64. The zero-order valence-electron chi connectivity index (χ0n) is 11.3. The molecule has 1 aromatic heterocycles. The van der Waals surface area contributed by atoms with E-state index in [0.717, 1.165) is 12.3 Å². The highest BCUT2D eigenvalue weighted by atomic mass is 16.4. The van der Waals surface area contributed by atoms with Crippen molar-refractivity contribution in [1.29, 1.82) is 0 Å². The van der Waals surface area contributed by atoms with E-state index in [4.69, 9.17) is 4.42 Å². The van der Waals surface area contributed by atoms with Crippen LogP contribution in [0.1, 0.15) is 52.3 Å². The Morgan fingerprint density at radius 3 is 2.53 bits per heavy atom. The van der Waals surface area contributed by atoms with E-state index >= 15 is 0 Å². The molecule has 17 heavy (non-hydrogen) atoms. The molecule has 0 spiro atoms. The Morgan fingerprint density at radius 1 is 1.29 bits per heavy atom. The minimum atomic E-state index is 0.279. The molecule has 1 aromatic rings. The molecule has 1 atom stereocenters. The van der Waals surface area contributed by atoms with Crippen molar-refractivity contribution >= 4 is 0 Å². The van der Waals surface area contributed by atoms with E-state index in [1.165, 1.54) is 12.8 Å². The quantitative estimate of drug-likeness (QED) is 0.855. The van der Waals surface area contributed by atoms with Gasteiger partial charge in [0.1, 0.15) is 0 Å². The summed E-state index contributed by atoms with van der Waals surface area (Å²) in [5.41, 5.74) is 0.279. The van der Waals surface area contributed by atoms with Crippen LogP contribution in [-0.2, 0) is 13.0 Å². The van der Waals surface area contributed by atoms with Gasteiger partial charge in [0.2, 0.25) is 11.8 Å². The molecule has 1 N–H and O–H groups in total. The van der Waals surface area contributed by atoms with Crippen molar-refractivity contribution in [2.45, 2.75) is 59.5 Å². The third-order valence-electron chi connectivity index (χ3n) is 3.59. The van der Waals surface area contributed by atoms with Gasteiger partial charge in [-0.05, 0) is 24.2 Å². The standard InChI is InChI=1S/C13H23N3O/c1-9(13(2,3)4)7-11-15-16-12(17-11)8-14-10-5-6-10/h9-10,14H,5-8H2,1-4H3. The predicted molar refractivity (Wildman–Crippen MR) is 66.5 cm³/mol. The molecule has 4 nitrogen and oxygen atoms in total. The van der Waals surface area contributed by atoms with Crippen LogP contribution in [0.15, 0.2) is 4.42 Å². The fourth-order valence-electron chi connectivity index (χ4n) is 1.53. The predicted octanol–water partition coefficient (Wildman–Crippen LogP) is 2.55. The minimum Gasteiger partial charge on any atom is -0.424 e. The molecule has 1 heterocycles. The van der Waals surface area contributed by atoms with Gasteiger partial charge in [0.05, 0.1) is 6.54 Å². The summed E-state index contributed by atoms with van der Waals surface area (Å²) in [4.78, 5) is 0. The SMILES string of the molecule is CC(Cc1nnc(CNC2CC2)o1)C(C)(C)C. The van der Waals surface area contributed by atoms with Crippen molar-refractivity contribution in [3.63, 3.8) is 0 Å². The van der Waals surface area contributed by atoms with Crippen LogP contribution in [0.25, 0.3) is 0 Å². The Morgan fingerprint density at radius 2 is 1.94 bits per heavy atom. The Balaban J connectivity index is 1.84. The van der Waals surface area contributed by atoms with Crippen molar-refractivity contribution in [1.82, 2.24) is 15.5 Å². The molecule has 0 radical (unpaired) electrons. The largest absolute Gasteiger partial charge is 0.424 e. The number of rotatable bonds is 5. The smallest absolute Gasteiger partial charge is 0.230 e. The Kier molecular flexibility index (Phi) is 3.52. The van der Waals surface area contributed by atoms with Crippen LogP contribution in [-0.4, -0.2) is 16.2 Å². The zero-order valence-corrected chi connectivity index (χ0v) is 11.3. The summed E-state index contributed by atoms with van der Waals surface area (Å²) in [6.07, 6.45) is 3.42. The second kappa shape index (κ2) is 4.77. The average molecular weight is 237 g/mol. The molecule has 1 aliphatic carbocycles. The van der Waals surface area contributed by atoms with E-state index in [9.17, 15) is 0 Å². The van der Waals surface area contributed by atoms with Gasteiger partial charge in [-0.25, -0.2) is 0 Å². The van der Waals surface area contributed by atoms with E-state index in [0.29, 0.717) is 24.4 Å². The maximum Gasteiger partial charge on any atom is 0.230 e. The van der Waals surface area contributed by atoms with Gasteiger partial charge in [-0.1, -0.05) is 27.7 Å². The van der Waals surface area contributed by atoms with Crippen LogP contribution in [0.3, 0.4) is 0 Å². The number of hydrogen-bond acceptors (Lipinski definition) is 4. The number of hydrogen-bond donors (Lipinski definition) is 1. The second-order valence-corrected chi connectivity index (χ2v) is 6.22. The highest BCUT2D eigenvalue weighted by Gasteiger charge is 2.23. The molecule has 0 saturated heterocycles. The van der Waals surface area contributed by atoms with Gasteiger partial charge in [-0.15, -0.1) is 10.2 Å². The second-order valence-electron chi connectivity index (χ2n) is 6.22. The molecule has 1 fully saturated rings. The van der Waals surface area contributed by atoms with Gasteiger partial charge < -0.3 is 9.73 Å². The zero-order chi connectivity index (χ0) is 12.5. The van der Waals surface area contributed by atoms with Crippen LogP contribution in [0.5, 0.6) is 0 Å². The summed E-state index contributed by atoms with van der Waals surface area (Å²) in [5, 5.41) is 11.6. The molecule has 96 valence electrons. The normalized spacial score (nSPS) is 18.4. The van der Waals surface area contributed by atoms with Crippen LogP contribution in [0, 0.1) is 11.3 Å². The van der Waals surface area contributed by atoms with Gasteiger partial charge in [-0.2, -0.15) is 0 Å². The van der Waals surface area contributed by atoms with Gasteiger partial charge in [0, 0.05) is 12.5 Å². The summed E-state index contributed by atoms with van der Waals surface area (Å²) >= 11 is 0. The van der Waals surface area contributed by atoms with E-state index in [-0.39, 0.29) is 5.41 Å². The number of nitrogens with zero attached hydrogens (tertiary/aromatic N) is 2. The number of nitrogens with one attached hydrogen (secondary N) is 1. The monoisotopic (exact) mass is 237 g/mol. The lowest BCUT2D eigenvalue weighted by Gasteiger charge is -2.25. The first-order valence-electron chi connectivity index (χ1n) is 6.50. The fourth-order valence-corrected chi connectivity index (χ4v) is 1.53. The van der Waals surface area contributed by atoms with Crippen LogP contribution < -0.4 is 5.32 Å².